The van der Waals surface area contributed by atoms with Gasteiger partial charge in [-0.05, 0) is 107 Å². The fraction of sp³-hybridized carbons (Fsp3) is 0.337. The third-order valence-electron chi connectivity index (χ3n) is 22.2. The lowest BCUT2D eigenvalue weighted by molar-refractivity contribution is 0.429. The molecule has 0 spiro atoms. The summed E-state index contributed by atoms with van der Waals surface area (Å²) in [6.45, 7) is 1.91. The van der Waals surface area contributed by atoms with Gasteiger partial charge in [-0.25, -0.2) is 24.9 Å². The van der Waals surface area contributed by atoms with Crippen LogP contribution < -0.4 is 21.3 Å². The SMILES string of the molecule is Cc1cc(Nc2cc(C3CCCCC3)nc3c(-c4ccn(C)c4)cnn23)on1.Cn1ccc(-c2cnn3c(Nc4cccnc4)cc(C4CCCCC4)nc23)c1.Cn1ccc(-c2cnn3c(Nc4ccncc4)cc(C4CCCCC4)nc23)c1.Cn1ccc(-c2cnn3c(Nc4cnccn4)cc(C4CCCCC4)nc23)c1. The van der Waals surface area contributed by atoms with E-state index >= 15 is 0 Å². The molecule has 0 atom stereocenters. The van der Waals surface area contributed by atoms with Crippen molar-refractivity contribution in [1.82, 2.24) is 102 Å². The van der Waals surface area contributed by atoms with Crippen molar-refractivity contribution in [3.63, 3.8) is 0 Å². The molecule has 0 radical (unpaired) electrons. The quantitative estimate of drug-likeness (QED) is 0.0700. The number of nitrogens with zero attached hydrogens (tertiary/aromatic N) is 21. The summed E-state index contributed by atoms with van der Waals surface area (Å²) < 4.78 is 21.1. The number of aromatic nitrogens is 21. The van der Waals surface area contributed by atoms with Crippen LogP contribution in [0.1, 0.15) is 181 Å². The normalized spacial score (nSPS) is 15.2. The monoisotopic (exact) mass is 1490 g/mol. The number of rotatable bonds is 16. The Morgan fingerprint density at radius 1 is 0.348 bits per heavy atom. The minimum Gasteiger partial charge on any atom is -0.357 e. The van der Waals surface area contributed by atoms with Crippen LogP contribution in [0.2, 0.25) is 0 Å². The number of anilines is 8. The van der Waals surface area contributed by atoms with Crippen molar-refractivity contribution in [1.29, 1.82) is 0 Å². The first-order valence-electron chi connectivity index (χ1n) is 39.6. The van der Waals surface area contributed by atoms with E-state index in [2.05, 4.69) is 162 Å². The molecule has 20 rings (SSSR count). The number of aryl methyl sites for hydroxylation is 5. The minimum absolute atomic E-state index is 0.495. The zero-order chi connectivity index (χ0) is 75.9. The maximum Gasteiger partial charge on any atom is 0.230 e. The van der Waals surface area contributed by atoms with Crippen LogP contribution >= 0.6 is 0 Å². The highest BCUT2D eigenvalue weighted by Gasteiger charge is 2.27. The van der Waals surface area contributed by atoms with Crippen molar-refractivity contribution in [3.05, 3.63) is 225 Å². The van der Waals surface area contributed by atoms with Crippen LogP contribution in [0.25, 0.3) is 67.1 Å². The Balaban J connectivity index is 0.000000108. The van der Waals surface area contributed by atoms with Crippen LogP contribution in [0.4, 0.5) is 46.3 Å². The van der Waals surface area contributed by atoms with Gasteiger partial charge in [0.15, 0.2) is 22.6 Å². The van der Waals surface area contributed by atoms with Crippen LogP contribution in [0, 0.1) is 6.92 Å². The number of pyridine rings is 2. The van der Waals surface area contributed by atoms with Crippen LogP contribution in [0.5, 0.6) is 0 Å². The van der Waals surface area contributed by atoms with Crippen LogP contribution in [0.15, 0.2) is 201 Å². The Morgan fingerprint density at radius 2 is 0.714 bits per heavy atom. The van der Waals surface area contributed by atoms with Crippen molar-refractivity contribution >= 4 is 68.9 Å². The predicted octanol–water partition coefficient (Wildman–Crippen LogP) is 19.0. The molecule has 4 saturated carbocycles. The molecule has 16 aromatic rings. The lowest BCUT2D eigenvalue weighted by Crippen LogP contribution is -2.10. The molecule has 0 unspecified atom stereocenters. The van der Waals surface area contributed by atoms with E-state index in [1.807, 2.05) is 136 Å². The first-order valence-corrected chi connectivity index (χ1v) is 39.6. The summed E-state index contributed by atoms with van der Waals surface area (Å²) in [6, 6.07) is 26.8. The maximum absolute atomic E-state index is 5.37. The molecule has 0 amide bonds. The van der Waals surface area contributed by atoms with E-state index in [0.29, 0.717) is 35.4 Å². The maximum atomic E-state index is 5.37. The summed E-state index contributed by atoms with van der Waals surface area (Å²) in [5.74, 6) is 6.94. The van der Waals surface area contributed by atoms with E-state index in [-0.39, 0.29) is 0 Å². The summed E-state index contributed by atoms with van der Waals surface area (Å²) in [5.41, 5.74) is 19.7. The van der Waals surface area contributed by atoms with Gasteiger partial charge in [0.25, 0.3) is 0 Å². The molecule has 570 valence electrons. The van der Waals surface area contributed by atoms with Gasteiger partial charge in [-0.15, -0.1) is 0 Å². The molecular weight excluding hydrogens is 1400 g/mol. The highest BCUT2D eigenvalue weighted by Crippen LogP contribution is 2.41. The summed E-state index contributed by atoms with van der Waals surface area (Å²) in [5, 5.41) is 36.2. The van der Waals surface area contributed by atoms with E-state index in [0.717, 1.165) is 125 Å². The second-order valence-corrected chi connectivity index (χ2v) is 30.4. The molecule has 0 saturated heterocycles. The van der Waals surface area contributed by atoms with Crippen molar-refractivity contribution in [3.8, 4) is 44.5 Å². The molecule has 4 fully saturated rings. The second-order valence-electron chi connectivity index (χ2n) is 30.4. The first-order chi connectivity index (χ1) is 55.0. The zero-order valence-corrected chi connectivity index (χ0v) is 64.2. The lowest BCUT2D eigenvalue weighted by Gasteiger charge is -2.22. The Morgan fingerprint density at radius 3 is 1.04 bits per heavy atom. The third kappa shape index (κ3) is 16.2. The minimum atomic E-state index is 0.495. The van der Waals surface area contributed by atoms with Crippen molar-refractivity contribution in [2.75, 3.05) is 21.3 Å². The molecule has 16 heterocycles. The van der Waals surface area contributed by atoms with E-state index in [1.54, 1.807) is 37.2 Å². The van der Waals surface area contributed by atoms with Crippen molar-refractivity contribution in [2.45, 2.75) is 159 Å². The van der Waals surface area contributed by atoms with Gasteiger partial charge >= 0.3 is 0 Å². The zero-order valence-electron chi connectivity index (χ0n) is 64.2. The first kappa shape index (κ1) is 72.3. The van der Waals surface area contributed by atoms with Gasteiger partial charge < -0.3 is 44.1 Å². The summed E-state index contributed by atoms with van der Waals surface area (Å²) in [4.78, 5) is 37.1. The molecule has 16 aromatic heterocycles. The van der Waals surface area contributed by atoms with Gasteiger partial charge in [0.2, 0.25) is 5.88 Å². The summed E-state index contributed by atoms with van der Waals surface area (Å²) in [7, 11) is 8.12. The standard InChI is InChI=1S/2C22H24N6.C21H23N7.C21H24N6O/c1-27-11-9-17(15-27)19-14-24-28-21(25-18-8-5-10-23-13-18)12-20(26-22(19)28)16-6-3-2-4-7-16;1-27-12-9-17(15-27)19-14-24-28-21(25-18-7-10-23-11-8-18)13-20(26-22(19)28)16-5-3-2-4-6-16;1-27-10-7-16(14-27)17-12-24-28-20(26-19-13-22-8-9-23-19)11-18(25-21(17)28)15-5-3-2-4-6-15;1-14-10-20(28-25-14)24-19-11-18(15-6-4-3-5-7-15)23-21-17(12-22-27(19)21)16-8-9-26(2)13-16/h5,8-16,25H,2-4,6-7H2,1H3;7-16H,2-6H2,1H3,(H,23,25);7-15H,2-6H2,1H3,(H,23,26);8-13,15,24H,3-7H2,1-2H3. The number of fused-ring (bicyclic) bond motifs is 4. The predicted molar refractivity (Wildman–Crippen MR) is 438 cm³/mol. The van der Waals surface area contributed by atoms with Crippen molar-refractivity contribution < 1.29 is 4.52 Å². The summed E-state index contributed by atoms with van der Waals surface area (Å²) >= 11 is 0. The Labute approximate surface area is 649 Å². The van der Waals surface area contributed by atoms with Gasteiger partial charge in [-0.1, -0.05) is 82.2 Å². The van der Waals surface area contributed by atoms with Crippen LogP contribution in [-0.4, -0.2) is 102 Å². The molecule has 4 aliphatic rings. The van der Waals surface area contributed by atoms with Crippen LogP contribution in [-0.2, 0) is 28.2 Å². The molecule has 4 aliphatic carbocycles. The van der Waals surface area contributed by atoms with Gasteiger partial charge in [0.05, 0.1) is 48.6 Å². The molecule has 0 bridgehead atoms. The number of hydrogen-bond donors (Lipinski definition) is 4. The number of nitrogens with one attached hydrogen (secondary N) is 4. The Kier molecular flexibility index (Phi) is 21.2. The van der Waals surface area contributed by atoms with E-state index in [4.69, 9.17) is 24.5 Å². The second kappa shape index (κ2) is 32.9. The molecule has 112 heavy (non-hydrogen) atoms. The van der Waals surface area contributed by atoms with Gasteiger partial charge in [0, 0.05) is 236 Å². The number of hydrogen-bond acceptors (Lipinski definition) is 18. The highest BCUT2D eigenvalue weighted by atomic mass is 16.5. The fourth-order valence-corrected chi connectivity index (χ4v) is 16.4. The Hall–Kier alpha value is -12.6. The van der Waals surface area contributed by atoms with E-state index < -0.39 is 0 Å². The largest absolute Gasteiger partial charge is 0.357 e. The van der Waals surface area contributed by atoms with Gasteiger partial charge in [-0.3, -0.25) is 15.0 Å². The molecule has 26 heteroatoms. The average molecular weight is 1490 g/mol. The van der Waals surface area contributed by atoms with Gasteiger partial charge in [0.1, 0.15) is 29.1 Å². The van der Waals surface area contributed by atoms with Crippen molar-refractivity contribution in [2.24, 2.45) is 28.2 Å². The molecule has 0 aliphatic heterocycles. The van der Waals surface area contributed by atoms with Crippen LogP contribution in [0.3, 0.4) is 0 Å². The van der Waals surface area contributed by atoms with E-state index in [1.165, 1.54) is 134 Å². The summed E-state index contributed by atoms with van der Waals surface area (Å²) in [6.07, 6.45) is 61.7. The molecule has 0 aromatic carbocycles. The lowest BCUT2D eigenvalue weighted by atomic mass is 9.87. The van der Waals surface area contributed by atoms with E-state index in [9.17, 15) is 0 Å². The smallest absolute Gasteiger partial charge is 0.230 e. The van der Waals surface area contributed by atoms with Gasteiger partial charge in [-0.2, -0.15) is 38.5 Å². The molecular formula is C86H95N25O. The molecule has 26 nitrogen and oxygen atoms in total. The fourth-order valence-electron chi connectivity index (χ4n) is 16.4. The topological polar surface area (TPSA) is 266 Å². The third-order valence-corrected chi connectivity index (χ3v) is 22.2. The highest BCUT2D eigenvalue weighted by molar-refractivity contribution is 5.82. The molecule has 4 N–H and O–H groups in total. The Bertz CT molecular complexity index is 5390. The average Bonchev–Trinajstić information content (AvgIpc) is 1.60.